The third kappa shape index (κ3) is 3.12. The van der Waals surface area contributed by atoms with Gasteiger partial charge in [-0.2, -0.15) is 0 Å². The summed E-state index contributed by atoms with van der Waals surface area (Å²) >= 11 is 3.46. The van der Waals surface area contributed by atoms with E-state index in [4.69, 9.17) is 4.74 Å². The van der Waals surface area contributed by atoms with Crippen LogP contribution in [0.2, 0.25) is 0 Å². The first-order valence-corrected chi connectivity index (χ1v) is 7.00. The van der Waals surface area contributed by atoms with Crippen LogP contribution in [-0.2, 0) is 4.74 Å². The number of nitrogens with zero attached hydrogens (tertiary/aromatic N) is 1. The van der Waals surface area contributed by atoms with Gasteiger partial charge in [0.25, 0.3) is 0 Å². The number of carbonyl (C=O) groups is 1. The first-order valence-electron chi connectivity index (χ1n) is 6.21. The summed E-state index contributed by atoms with van der Waals surface area (Å²) in [6.45, 7) is 3.29. The number of halogens is 1. The van der Waals surface area contributed by atoms with Gasteiger partial charge >= 0.3 is 0 Å². The molecule has 3 nitrogen and oxygen atoms in total. The summed E-state index contributed by atoms with van der Waals surface area (Å²) < 4.78 is 6.63. The summed E-state index contributed by atoms with van der Waals surface area (Å²) in [6, 6.07) is 5.76. The van der Waals surface area contributed by atoms with Crippen LogP contribution in [0.1, 0.15) is 30.1 Å². The fraction of sp³-hybridized carbons (Fsp3) is 0.500. The highest BCUT2D eigenvalue weighted by Gasteiger charge is 2.19. The fourth-order valence-electron chi connectivity index (χ4n) is 2.31. The van der Waals surface area contributed by atoms with Crippen molar-refractivity contribution in [2.45, 2.75) is 25.9 Å². The highest BCUT2D eigenvalue weighted by atomic mass is 79.9. The van der Waals surface area contributed by atoms with E-state index in [0.29, 0.717) is 0 Å². The lowest BCUT2D eigenvalue weighted by molar-refractivity contribution is 0.101. The van der Waals surface area contributed by atoms with Crippen LogP contribution in [0.15, 0.2) is 22.7 Å². The van der Waals surface area contributed by atoms with Crippen LogP contribution in [-0.4, -0.2) is 32.1 Å². The van der Waals surface area contributed by atoms with Crippen molar-refractivity contribution >= 4 is 27.4 Å². The van der Waals surface area contributed by atoms with Crippen molar-refractivity contribution in [1.29, 1.82) is 0 Å². The zero-order chi connectivity index (χ0) is 13.1. The van der Waals surface area contributed by atoms with Crippen LogP contribution < -0.4 is 4.90 Å². The summed E-state index contributed by atoms with van der Waals surface area (Å²) in [5, 5.41) is 0. The van der Waals surface area contributed by atoms with E-state index < -0.39 is 0 Å². The van der Waals surface area contributed by atoms with Crippen molar-refractivity contribution in [3.63, 3.8) is 0 Å². The normalized spacial score (nSPS) is 18.9. The Labute approximate surface area is 116 Å². The zero-order valence-electron chi connectivity index (χ0n) is 10.8. The molecule has 4 heteroatoms. The van der Waals surface area contributed by atoms with Gasteiger partial charge in [0.05, 0.1) is 6.10 Å². The molecule has 0 amide bonds. The minimum Gasteiger partial charge on any atom is -0.376 e. The molecule has 1 unspecified atom stereocenters. The Bertz CT molecular complexity index is 441. The molecule has 1 heterocycles. The van der Waals surface area contributed by atoms with Crippen LogP contribution in [0, 0.1) is 0 Å². The number of likely N-dealkylation sites (N-methyl/N-ethyl adjacent to an activating group) is 1. The van der Waals surface area contributed by atoms with E-state index in [-0.39, 0.29) is 11.9 Å². The average molecular weight is 312 g/mol. The molecule has 1 aliphatic heterocycles. The molecule has 98 valence electrons. The third-order valence-electron chi connectivity index (χ3n) is 3.25. The first-order chi connectivity index (χ1) is 8.58. The molecule has 1 fully saturated rings. The van der Waals surface area contributed by atoms with Crippen molar-refractivity contribution in [3.8, 4) is 0 Å². The van der Waals surface area contributed by atoms with Crippen molar-refractivity contribution in [2.75, 3.05) is 25.1 Å². The molecule has 1 aromatic rings. The molecule has 1 aromatic carbocycles. The summed E-state index contributed by atoms with van der Waals surface area (Å²) in [7, 11) is 2.01. The number of ether oxygens (including phenoxy) is 1. The second kappa shape index (κ2) is 5.85. The molecule has 0 aliphatic carbocycles. The lowest BCUT2D eigenvalue weighted by Gasteiger charge is -2.24. The van der Waals surface area contributed by atoms with E-state index in [2.05, 4.69) is 20.8 Å². The summed E-state index contributed by atoms with van der Waals surface area (Å²) in [5.41, 5.74) is 1.73. The minimum atomic E-state index is 0.0942. The Morgan fingerprint density at radius 1 is 1.56 bits per heavy atom. The number of hydrogen-bond acceptors (Lipinski definition) is 3. The van der Waals surface area contributed by atoms with E-state index in [9.17, 15) is 4.79 Å². The number of anilines is 1. The topological polar surface area (TPSA) is 29.5 Å². The standard InChI is InChI=1S/C14H18BrNO2/c1-10(17)13-6-5-11(15)8-14(13)16(2)9-12-4-3-7-18-12/h5-6,8,12H,3-4,7,9H2,1-2H3. The number of Topliss-reactive ketones (excluding diaryl/α,β-unsaturated/α-hetero) is 1. The second-order valence-corrected chi connectivity index (χ2v) is 5.65. The maximum absolute atomic E-state index is 11.6. The van der Waals surface area contributed by atoms with Crippen LogP contribution in [0.3, 0.4) is 0 Å². The maximum atomic E-state index is 11.6. The Morgan fingerprint density at radius 3 is 2.94 bits per heavy atom. The van der Waals surface area contributed by atoms with Gasteiger partial charge in [-0.25, -0.2) is 0 Å². The molecule has 0 N–H and O–H groups in total. The maximum Gasteiger partial charge on any atom is 0.161 e. The van der Waals surface area contributed by atoms with Crippen LogP contribution in [0.25, 0.3) is 0 Å². The SMILES string of the molecule is CC(=O)c1ccc(Br)cc1N(C)CC1CCCO1. The minimum absolute atomic E-state index is 0.0942. The molecule has 1 aliphatic rings. The van der Waals surface area contributed by atoms with Gasteiger partial charge in [0.15, 0.2) is 5.78 Å². The molecule has 0 radical (unpaired) electrons. The summed E-state index contributed by atoms with van der Waals surface area (Å²) in [6.07, 6.45) is 2.53. The van der Waals surface area contributed by atoms with Gasteiger partial charge in [0.1, 0.15) is 0 Å². The molecule has 0 aromatic heterocycles. The van der Waals surface area contributed by atoms with Gasteiger partial charge in [-0.1, -0.05) is 15.9 Å². The van der Waals surface area contributed by atoms with E-state index in [0.717, 1.165) is 41.7 Å². The zero-order valence-corrected chi connectivity index (χ0v) is 12.4. The molecule has 18 heavy (non-hydrogen) atoms. The first kappa shape index (κ1) is 13.6. The monoisotopic (exact) mass is 311 g/mol. The highest BCUT2D eigenvalue weighted by Crippen LogP contribution is 2.26. The average Bonchev–Trinajstić information content (AvgIpc) is 2.81. The molecule has 2 rings (SSSR count). The van der Waals surface area contributed by atoms with Gasteiger partial charge in [-0.15, -0.1) is 0 Å². The number of hydrogen-bond donors (Lipinski definition) is 0. The lowest BCUT2D eigenvalue weighted by Crippen LogP contribution is -2.29. The summed E-state index contributed by atoms with van der Waals surface area (Å²) in [4.78, 5) is 13.8. The van der Waals surface area contributed by atoms with E-state index in [1.54, 1.807) is 6.92 Å². The lowest BCUT2D eigenvalue weighted by atomic mass is 10.1. The van der Waals surface area contributed by atoms with Crippen molar-refractivity contribution in [2.24, 2.45) is 0 Å². The Hall–Kier alpha value is -0.870. The Balaban J connectivity index is 2.19. The van der Waals surface area contributed by atoms with Crippen LogP contribution in [0.4, 0.5) is 5.69 Å². The van der Waals surface area contributed by atoms with Crippen molar-refractivity contribution in [3.05, 3.63) is 28.2 Å². The van der Waals surface area contributed by atoms with Gasteiger partial charge < -0.3 is 9.64 Å². The van der Waals surface area contributed by atoms with Gasteiger partial charge in [0.2, 0.25) is 0 Å². The number of benzene rings is 1. The predicted molar refractivity (Wildman–Crippen MR) is 76.4 cm³/mol. The molecule has 0 saturated carbocycles. The number of carbonyl (C=O) groups excluding carboxylic acids is 1. The van der Waals surface area contributed by atoms with Crippen molar-refractivity contribution in [1.82, 2.24) is 0 Å². The van der Waals surface area contributed by atoms with Crippen LogP contribution >= 0.6 is 15.9 Å². The molecular weight excluding hydrogens is 294 g/mol. The van der Waals surface area contributed by atoms with Crippen molar-refractivity contribution < 1.29 is 9.53 Å². The largest absolute Gasteiger partial charge is 0.376 e. The second-order valence-electron chi connectivity index (χ2n) is 4.73. The van der Waals surface area contributed by atoms with Gasteiger partial charge in [0, 0.05) is 35.9 Å². The molecule has 1 saturated heterocycles. The smallest absolute Gasteiger partial charge is 0.161 e. The molecular formula is C14H18BrNO2. The summed E-state index contributed by atoms with van der Waals surface area (Å²) in [5.74, 6) is 0.0942. The van der Waals surface area contributed by atoms with Gasteiger partial charge in [-0.3, -0.25) is 4.79 Å². The van der Waals surface area contributed by atoms with Gasteiger partial charge in [-0.05, 0) is 38.0 Å². The molecule has 0 bridgehead atoms. The predicted octanol–water partition coefficient (Wildman–Crippen LogP) is 3.27. The van der Waals surface area contributed by atoms with E-state index >= 15 is 0 Å². The Kier molecular flexibility index (Phi) is 4.40. The molecule has 0 spiro atoms. The van der Waals surface area contributed by atoms with E-state index in [1.165, 1.54) is 0 Å². The third-order valence-corrected chi connectivity index (χ3v) is 3.75. The highest BCUT2D eigenvalue weighted by molar-refractivity contribution is 9.10. The number of ketones is 1. The molecule has 1 atom stereocenters. The van der Waals surface area contributed by atoms with Crippen LogP contribution in [0.5, 0.6) is 0 Å². The Morgan fingerprint density at radius 2 is 2.33 bits per heavy atom. The van der Waals surface area contributed by atoms with E-state index in [1.807, 2.05) is 25.2 Å². The fourth-order valence-corrected chi connectivity index (χ4v) is 2.66. The quantitative estimate of drug-likeness (QED) is 0.799. The number of rotatable bonds is 4.